The molecule has 0 aliphatic heterocycles. The van der Waals surface area contributed by atoms with Crippen molar-refractivity contribution < 1.29 is 24.0 Å². The van der Waals surface area contributed by atoms with Crippen LogP contribution in [0.15, 0.2) is 24.5 Å². The molecule has 0 spiro atoms. The minimum atomic E-state index is -0.197. The molecule has 1 heterocycles. The lowest BCUT2D eigenvalue weighted by molar-refractivity contribution is -0.193. The van der Waals surface area contributed by atoms with Gasteiger partial charge in [0.05, 0.1) is 0 Å². The topological polar surface area (TPSA) is 90.3 Å². The number of ketones is 1. The lowest BCUT2D eigenvalue weighted by Gasteiger charge is -2.43. The van der Waals surface area contributed by atoms with Gasteiger partial charge in [0.2, 0.25) is 0 Å². The number of carbonyl (C=O) groups is 1. The Kier molecular flexibility index (Phi) is 7.75. The van der Waals surface area contributed by atoms with Gasteiger partial charge >= 0.3 is 12.3 Å². The fraction of sp³-hybridized carbons (Fsp3) is 0.500. The van der Waals surface area contributed by atoms with Gasteiger partial charge in [0.15, 0.2) is 5.78 Å². The second-order valence-corrected chi connectivity index (χ2v) is 4.66. The molecule has 108 valence electrons. The molecular formula is C14H17NO5. The molecule has 0 unspecified atom stereocenters. The van der Waals surface area contributed by atoms with Crippen LogP contribution in [0.1, 0.15) is 33.1 Å². The van der Waals surface area contributed by atoms with Crippen LogP contribution in [0, 0.1) is 5.92 Å². The SMILES string of the molecule is CC(C)C(=O)C1(n2cccc2)CCC1.O=C=O.O=C=O. The fourth-order valence-corrected chi connectivity index (χ4v) is 2.30. The van der Waals surface area contributed by atoms with Gasteiger partial charge in [0.25, 0.3) is 0 Å². The summed E-state index contributed by atoms with van der Waals surface area (Å²) < 4.78 is 2.10. The highest BCUT2D eigenvalue weighted by atomic mass is 16.2. The Morgan fingerprint density at radius 2 is 1.45 bits per heavy atom. The first-order chi connectivity index (χ1) is 9.49. The summed E-state index contributed by atoms with van der Waals surface area (Å²) in [5.41, 5.74) is -0.197. The van der Waals surface area contributed by atoms with Crippen LogP contribution in [0.25, 0.3) is 0 Å². The van der Waals surface area contributed by atoms with E-state index in [1.807, 2.05) is 38.4 Å². The molecule has 2 rings (SSSR count). The first-order valence-electron chi connectivity index (χ1n) is 6.16. The summed E-state index contributed by atoms with van der Waals surface area (Å²) in [6, 6.07) is 3.99. The number of hydrogen-bond acceptors (Lipinski definition) is 5. The predicted octanol–water partition coefficient (Wildman–Crippen LogP) is 1.43. The molecule has 1 fully saturated rings. The predicted molar refractivity (Wildman–Crippen MR) is 66.1 cm³/mol. The largest absolute Gasteiger partial charge is 0.373 e. The van der Waals surface area contributed by atoms with Gasteiger partial charge in [-0.2, -0.15) is 19.2 Å². The maximum atomic E-state index is 12.1. The second-order valence-electron chi connectivity index (χ2n) is 4.66. The smallest absolute Gasteiger partial charge is 0.341 e. The lowest BCUT2D eigenvalue weighted by Crippen LogP contribution is -2.49. The lowest BCUT2D eigenvalue weighted by atomic mass is 9.70. The first-order valence-corrected chi connectivity index (χ1v) is 6.16. The molecule has 1 saturated carbocycles. The Labute approximate surface area is 116 Å². The Balaban J connectivity index is 0.000000520. The van der Waals surface area contributed by atoms with Crippen molar-refractivity contribution in [2.75, 3.05) is 0 Å². The van der Waals surface area contributed by atoms with Crippen LogP contribution in [0.3, 0.4) is 0 Å². The van der Waals surface area contributed by atoms with Crippen LogP contribution in [0.4, 0.5) is 0 Å². The standard InChI is InChI=1S/C12H17NO.2CO2/c1-10(2)11(14)12(6-5-7-12)13-8-3-4-9-13;2*2-1-3/h3-4,8-10H,5-7H2,1-2H3;;. The third-order valence-corrected chi connectivity index (χ3v) is 3.26. The molecule has 0 radical (unpaired) electrons. The summed E-state index contributed by atoms with van der Waals surface area (Å²) >= 11 is 0. The molecular weight excluding hydrogens is 262 g/mol. The van der Waals surface area contributed by atoms with E-state index in [1.54, 1.807) is 0 Å². The first kappa shape index (κ1) is 17.7. The van der Waals surface area contributed by atoms with Gasteiger partial charge < -0.3 is 4.57 Å². The Morgan fingerprint density at radius 3 is 1.70 bits per heavy atom. The van der Waals surface area contributed by atoms with Crippen molar-refractivity contribution in [3.63, 3.8) is 0 Å². The van der Waals surface area contributed by atoms with E-state index in [2.05, 4.69) is 4.57 Å². The summed E-state index contributed by atoms with van der Waals surface area (Å²) in [5.74, 6) is 0.526. The molecule has 1 aromatic rings. The zero-order valence-electron chi connectivity index (χ0n) is 11.5. The van der Waals surface area contributed by atoms with Crippen molar-refractivity contribution in [1.82, 2.24) is 4.57 Å². The zero-order chi connectivity index (χ0) is 15.6. The van der Waals surface area contributed by atoms with Crippen LogP contribution in [-0.4, -0.2) is 22.7 Å². The summed E-state index contributed by atoms with van der Waals surface area (Å²) in [4.78, 5) is 44.6. The van der Waals surface area contributed by atoms with Crippen molar-refractivity contribution >= 4 is 18.1 Å². The average Bonchev–Trinajstić information content (AvgIpc) is 2.83. The number of hydrogen-bond donors (Lipinski definition) is 0. The summed E-state index contributed by atoms with van der Waals surface area (Å²) in [6.07, 6.45) is 7.73. The average molecular weight is 279 g/mol. The highest BCUT2D eigenvalue weighted by Gasteiger charge is 2.45. The number of Topliss-reactive ketones (excluding diaryl/α,β-unsaturated/α-hetero) is 1. The number of aromatic nitrogens is 1. The number of carbonyl (C=O) groups excluding carboxylic acids is 5. The summed E-state index contributed by atoms with van der Waals surface area (Å²) in [5, 5.41) is 0. The van der Waals surface area contributed by atoms with Crippen molar-refractivity contribution in [3.05, 3.63) is 24.5 Å². The molecule has 0 amide bonds. The number of nitrogens with zero attached hydrogens (tertiary/aromatic N) is 1. The van der Waals surface area contributed by atoms with Crippen molar-refractivity contribution in [3.8, 4) is 0 Å². The molecule has 20 heavy (non-hydrogen) atoms. The van der Waals surface area contributed by atoms with E-state index in [-0.39, 0.29) is 23.8 Å². The molecule has 1 aliphatic rings. The molecule has 6 nitrogen and oxygen atoms in total. The van der Waals surface area contributed by atoms with Crippen molar-refractivity contribution in [2.24, 2.45) is 5.92 Å². The normalized spacial score (nSPS) is 14.3. The van der Waals surface area contributed by atoms with Crippen LogP contribution in [0.2, 0.25) is 0 Å². The van der Waals surface area contributed by atoms with Gasteiger partial charge in [-0.1, -0.05) is 13.8 Å². The minimum absolute atomic E-state index is 0.137. The van der Waals surface area contributed by atoms with Gasteiger partial charge in [-0.05, 0) is 31.4 Å². The summed E-state index contributed by atoms with van der Waals surface area (Å²) in [6.45, 7) is 3.98. The van der Waals surface area contributed by atoms with E-state index in [0.717, 1.165) is 12.8 Å². The molecule has 0 bridgehead atoms. The summed E-state index contributed by atoms with van der Waals surface area (Å²) in [7, 11) is 0. The Morgan fingerprint density at radius 1 is 1.05 bits per heavy atom. The molecule has 0 aromatic carbocycles. The molecule has 0 N–H and O–H groups in total. The third kappa shape index (κ3) is 4.12. The van der Waals surface area contributed by atoms with Crippen LogP contribution in [-0.2, 0) is 29.5 Å². The zero-order valence-corrected chi connectivity index (χ0v) is 11.5. The molecule has 0 atom stereocenters. The maximum Gasteiger partial charge on any atom is 0.373 e. The monoisotopic (exact) mass is 279 g/mol. The van der Waals surface area contributed by atoms with Crippen LogP contribution < -0.4 is 0 Å². The second kappa shape index (κ2) is 8.75. The minimum Gasteiger partial charge on any atom is -0.341 e. The molecule has 1 aliphatic carbocycles. The molecule has 1 aromatic heterocycles. The highest BCUT2D eigenvalue weighted by molar-refractivity contribution is 5.89. The van der Waals surface area contributed by atoms with E-state index in [9.17, 15) is 4.79 Å². The van der Waals surface area contributed by atoms with E-state index < -0.39 is 0 Å². The van der Waals surface area contributed by atoms with Crippen LogP contribution >= 0.6 is 0 Å². The third-order valence-electron chi connectivity index (χ3n) is 3.26. The Hall–Kier alpha value is -2.29. The quantitative estimate of drug-likeness (QED) is 0.834. The Bertz CT molecular complexity index is 462. The van der Waals surface area contributed by atoms with Crippen molar-refractivity contribution in [2.45, 2.75) is 38.6 Å². The maximum absolute atomic E-state index is 12.1. The number of rotatable bonds is 3. The van der Waals surface area contributed by atoms with Crippen molar-refractivity contribution in [1.29, 1.82) is 0 Å². The fourth-order valence-electron chi connectivity index (χ4n) is 2.30. The van der Waals surface area contributed by atoms with Gasteiger partial charge in [-0.25, -0.2) is 0 Å². The van der Waals surface area contributed by atoms with E-state index in [1.165, 1.54) is 6.42 Å². The molecule has 6 heteroatoms. The van der Waals surface area contributed by atoms with Crippen LogP contribution in [0.5, 0.6) is 0 Å². The molecule has 0 saturated heterocycles. The van der Waals surface area contributed by atoms with Gasteiger partial charge in [0.1, 0.15) is 5.54 Å². The van der Waals surface area contributed by atoms with E-state index in [4.69, 9.17) is 19.2 Å². The highest BCUT2D eigenvalue weighted by Crippen LogP contribution is 2.41. The van der Waals surface area contributed by atoms with E-state index in [0.29, 0.717) is 5.78 Å². The van der Waals surface area contributed by atoms with E-state index >= 15 is 0 Å². The van der Waals surface area contributed by atoms with Gasteiger partial charge in [-0.15, -0.1) is 0 Å². The van der Waals surface area contributed by atoms with Gasteiger partial charge in [-0.3, -0.25) is 4.79 Å². The van der Waals surface area contributed by atoms with Gasteiger partial charge in [0, 0.05) is 18.3 Å².